The minimum atomic E-state index is -0.267. The van der Waals surface area contributed by atoms with Gasteiger partial charge in [-0.2, -0.15) is 4.98 Å². The Balaban J connectivity index is 1.95. The van der Waals surface area contributed by atoms with Crippen LogP contribution in [-0.4, -0.2) is 16.5 Å². The summed E-state index contributed by atoms with van der Waals surface area (Å²) in [4.78, 5) is 8.48. The van der Waals surface area contributed by atoms with Crippen molar-refractivity contribution in [1.82, 2.24) is 15.3 Å². The summed E-state index contributed by atoms with van der Waals surface area (Å²) in [5.74, 6) is 0.669. The molecule has 0 spiro atoms. The maximum Gasteiger partial charge on any atom is 0.222 e. The van der Waals surface area contributed by atoms with E-state index in [0.29, 0.717) is 12.4 Å². The van der Waals surface area contributed by atoms with Crippen LogP contribution in [0.5, 0.6) is 0 Å². The molecule has 1 aromatic heterocycles. The minimum absolute atomic E-state index is 0.255. The van der Waals surface area contributed by atoms with E-state index in [2.05, 4.69) is 20.6 Å². The Morgan fingerprint density at radius 2 is 2.00 bits per heavy atom. The molecular formula is C13H14FN5. The average Bonchev–Trinajstić information content (AvgIpc) is 2.41. The van der Waals surface area contributed by atoms with Crippen molar-refractivity contribution in [2.75, 3.05) is 17.6 Å². The van der Waals surface area contributed by atoms with Gasteiger partial charge in [0.2, 0.25) is 5.95 Å². The number of aromatic nitrogens is 2. The first kappa shape index (κ1) is 11.9. The molecule has 2 aromatic rings. The maximum atomic E-state index is 12.9. The molecule has 6 heteroatoms. The van der Waals surface area contributed by atoms with Crippen LogP contribution in [0.4, 0.5) is 21.8 Å². The summed E-state index contributed by atoms with van der Waals surface area (Å²) in [5, 5.41) is 6.44. The molecule has 5 nitrogen and oxygen atoms in total. The van der Waals surface area contributed by atoms with Gasteiger partial charge < -0.3 is 16.4 Å². The molecule has 0 radical (unpaired) electrons. The van der Waals surface area contributed by atoms with Crippen LogP contribution in [0.2, 0.25) is 0 Å². The van der Waals surface area contributed by atoms with Gasteiger partial charge in [0.25, 0.3) is 0 Å². The SMILES string of the molecule is Nc1nc2c(c(Nc3ccc(F)cc3)n1)CNCC2. The quantitative estimate of drug-likeness (QED) is 0.763. The number of nitrogens with one attached hydrogen (secondary N) is 2. The number of halogens is 1. The second-order valence-corrected chi connectivity index (χ2v) is 4.41. The van der Waals surface area contributed by atoms with E-state index in [1.54, 1.807) is 12.1 Å². The molecule has 1 aromatic carbocycles. The van der Waals surface area contributed by atoms with Gasteiger partial charge in [0, 0.05) is 30.8 Å². The summed E-state index contributed by atoms with van der Waals surface area (Å²) in [6, 6.07) is 6.13. The highest BCUT2D eigenvalue weighted by atomic mass is 19.1. The van der Waals surface area contributed by atoms with Gasteiger partial charge >= 0.3 is 0 Å². The first-order chi connectivity index (χ1) is 9.22. The standard InChI is InChI=1S/C13H14FN5/c14-8-1-3-9(4-2-8)17-12-10-7-16-6-5-11(10)18-13(15)19-12/h1-4,16H,5-7H2,(H3,15,17,18,19). The van der Waals surface area contributed by atoms with Crippen molar-refractivity contribution in [3.05, 3.63) is 41.3 Å². The van der Waals surface area contributed by atoms with E-state index in [0.717, 1.165) is 29.9 Å². The molecule has 4 N–H and O–H groups in total. The van der Waals surface area contributed by atoms with Gasteiger partial charge in [-0.25, -0.2) is 9.37 Å². The molecule has 0 atom stereocenters. The molecule has 1 aliphatic rings. The second kappa shape index (κ2) is 4.81. The summed E-state index contributed by atoms with van der Waals surface area (Å²) in [5.41, 5.74) is 8.48. The lowest BCUT2D eigenvalue weighted by molar-refractivity contribution is 0.627. The van der Waals surface area contributed by atoms with Crippen LogP contribution in [0.1, 0.15) is 11.3 Å². The van der Waals surface area contributed by atoms with E-state index >= 15 is 0 Å². The van der Waals surface area contributed by atoms with Gasteiger partial charge in [0.1, 0.15) is 11.6 Å². The number of fused-ring (bicyclic) bond motifs is 1. The monoisotopic (exact) mass is 259 g/mol. The molecule has 98 valence electrons. The van der Waals surface area contributed by atoms with Gasteiger partial charge in [0.15, 0.2) is 0 Å². The van der Waals surface area contributed by atoms with Gasteiger partial charge in [-0.05, 0) is 24.3 Å². The zero-order valence-corrected chi connectivity index (χ0v) is 10.3. The highest BCUT2D eigenvalue weighted by Crippen LogP contribution is 2.24. The molecule has 3 rings (SSSR count). The third kappa shape index (κ3) is 2.48. The zero-order chi connectivity index (χ0) is 13.2. The summed E-state index contributed by atoms with van der Waals surface area (Å²) in [7, 11) is 0. The molecule has 0 unspecified atom stereocenters. The third-order valence-electron chi connectivity index (χ3n) is 3.06. The van der Waals surface area contributed by atoms with Crippen molar-refractivity contribution >= 4 is 17.5 Å². The fraction of sp³-hybridized carbons (Fsp3) is 0.231. The number of hydrogen-bond donors (Lipinski definition) is 3. The van der Waals surface area contributed by atoms with Crippen LogP contribution >= 0.6 is 0 Å². The fourth-order valence-electron chi connectivity index (χ4n) is 2.14. The van der Waals surface area contributed by atoms with Crippen molar-refractivity contribution in [3.8, 4) is 0 Å². The molecule has 0 bridgehead atoms. The number of rotatable bonds is 2. The van der Waals surface area contributed by atoms with Crippen LogP contribution in [0.25, 0.3) is 0 Å². The van der Waals surface area contributed by atoms with Crippen molar-refractivity contribution in [3.63, 3.8) is 0 Å². The predicted molar refractivity (Wildman–Crippen MR) is 71.5 cm³/mol. The van der Waals surface area contributed by atoms with Gasteiger partial charge in [0.05, 0.1) is 5.69 Å². The molecule has 0 amide bonds. The highest BCUT2D eigenvalue weighted by Gasteiger charge is 2.16. The van der Waals surface area contributed by atoms with E-state index in [1.807, 2.05) is 0 Å². The molecule has 0 fully saturated rings. The Hall–Kier alpha value is -2.21. The Kier molecular flexibility index (Phi) is 3.00. The molecular weight excluding hydrogens is 245 g/mol. The Labute approximate surface area is 110 Å². The lowest BCUT2D eigenvalue weighted by Crippen LogP contribution is -2.26. The van der Waals surface area contributed by atoms with Crippen molar-refractivity contribution in [1.29, 1.82) is 0 Å². The Morgan fingerprint density at radius 1 is 1.21 bits per heavy atom. The number of hydrogen-bond acceptors (Lipinski definition) is 5. The number of anilines is 3. The molecule has 1 aliphatic heterocycles. The predicted octanol–water partition coefficient (Wildman–Crippen LogP) is 1.59. The lowest BCUT2D eigenvalue weighted by Gasteiger charge is -2.19. The van der Waals surface area contributed by atoms with Crippen molar-refractivity contribution < 1.29 is 4.39 Å². The van der Waals surface area contributed by atoms with E-state index in [4.69, 9.17) is 5.73 Å². The third-order valence-corrected chi connectivity index (χ3v) is 3.06. The summed E-state index contributed by atoms with van der Waals surface area (Å²) >= 11 is 0. The number of nitrogens with two attached hydrogens (primary N) is 1. The van der Waals surface area contributed by atoms with Crippen molar-refractivity contribution in [2.24, 2.45) is 0 Å². The molecule has 0 saturated heterocycles. The summed E-state index contributed by atoms with van der Waals surface area (Å²) < 4.78 is 12.9. The van der Waals surface area contributed by atoms with Crippen LogP contribution in [0.15, 0.2) is 24.3 Å². The normalized spacial score (nSPS) is 13.9. The maximum absolute atomic E-state index is 12.9. The lowest BCUT2D eigenvalue weighted by atomic mass is 10.1. The largest absolute Gasteiger partial charge is 0.368 e. The smallest absolute Gasteiger partial charge is 0.222 e. The van der Waals surface area contributed by atoms with Crippen LogP contribution in [0.3, 0.4) is 0 Å². The number of benzene rings is 1. The first-order valence-corrected chi connectivity index (χ1v) is 6.11. The van der Waals surface area contributed by atoms with Gasteiger partial charge in [-0.3, -0.25) is 0 Å². The van der Waals surface area contributed by atoms with Gasteiger partial charge in [-0.15, -0.1) is 0 Å². The summed E-state index contributed by atoms with van der Waals surface area (Å²) in [6.45, 7) is 1.60. The van der Waals surface area contributed by atoms with E-state index in [9.17, 15) is 4.39 Å². The van der Waals surface area contributed by atoms with Crippen LogP contribution in [-0.2, 0) is 13.0 Å². The zero-order valence-electron chi connectivity index (χ0n) is 10.3. The van der Waals surface area contributed by atoms with Crippen molar-refractivity contribution in [2.45, 2.75) is 13.0 Å². The molecule has 0 saturated carbocycles. The molecule has 0 aliphatic carbocycles. The summed E-state index contributed by atoms with van der Waals surface area (Å²) in [6.07, 6.45) is 0.833. The van der Waals surface area contributed by atoms with E-state index in [-0.39, 0.29) is 11.8 Å². The number of nitrogens with zero attached hydrogens (tertiary/aromatic N) is 2. The number of nitrogen functional groups attached to an aromatic ring is 1. The van der Waals surface area contributed by atoms with Crippen LogP contribution < -0.4 is 16.4 Å². The minimum Gasteiger partial charge on any atom is -0.368 e. The second-order valence-electron chi connectivity index (χ2n) is 4.41. The fourth-order valence-corrected chi connectivity index (χ4v) is 2.14. The Morgan fingerprint density at radius 3 is 2.79 bits per heavy atom. The highest BCUT2D eigenvalue weighted by molar-refractivity contribution is 5.61. The Bertz CT molecular complexity index is 597. The van der Waals surface area contributed by atoms with Crippen LogP contribution in [0, 0.1) is 5.82 Å². The topological polar surface area (TPSA) is 75.9 Å². The van der Waals surface area contributed by atoms with Gasteiger partial charge in [-0.1, -0.05) is 0 Å². The molecule has 2 heterocycles. The average molecular weight is 259 g/mol. The van der Waals surface area contributed by atoms with E-state index in [1.165, 1.54) is 12.1 Å². The first-order valence-electron chi connectivity index (χ1n) is 6.11. The van der Waals surface area contributed by atoms with E-state index < -0.39 is 0 Å². The molecule has 19 heavy (non-hydrogen) atoms.